The molecule has 0 aliphatic heterocycles. The summed E-state index contributed by atoms with van der Waals surface area (Å²) in [5.41, 5.74) is 2.31. The van der Waals surface area contributed by atoms with E-state index in [2.05, 4.69) is 28.9 Å². The van der Waals surface area contributed by atoms with E-state index in [4.69, 9.17) is 11.6 Å². The Morgan fingerprint density at radius 3 is 2.70 bits per heavy atom. The highest BCUT2D eigenvalue weighted by Crippen LogP contribution is 2.37. The Hall–Kier alpha value is -0.380. The summed E-state index contributed by atoms with van der Waals surface area (Å²) in [6.07, 6.45) is 6.13. The molecule has 0 spiro atoms. The zero-order valence-corrected chi connectivity index (χ0v) is 14.5. The van der Waals surface area contributed by atoms with Crippen LogP contribution in [0.15, 0.2) is 28.1 Å². The fourth-order valence-electron chi connectivity index (χ4n) is 2.11. The highest BCUT2D eigenvalue weighted by Gasteiger charge is 2.10. The van der Waals surface area contributed by atoms with Crippen LogP contribution in [-0.2, 0) is 6.42 Å². The Labute approximate surface area is 137 Å². The second kappa shape index (κ2) is 7.58. The normalized spacial score (nSPS) is 11.0. The number of benzene rings is 1. The van der Waals surface area contributed by atoms with Crippen LogP contribution in [0.5, 0.6) is 0 Å². The molecule has 0 N–H and O–H groups in total. The van der Waals surface area contributed by atoms with E-state index < -0.39 is 0 Å². The van der Waals surface area contributed by atoms with E-state index in [-0.39, 0.29) is 10.8 Å². The van der Waals surface area contributed by atoms with Gasteiger partial charge in [0.15, 0.2) is 0 Å². The first-order chi connectivity index (χ1) is 9.61. The minimum absolute atomic E-state index is 0.177. The molecule has 0 nitrogen and oxygen atoms in total. The van der Waals surface area contributed by atoms with E-state index in [0.29, 0.717) is 0 Å². The standard InChI is InChI=1S/C16H17BrClFS/c1-2-3-4-5-6-12-10-15(20-16(12)17)11-7-8-14(19)13(18)9-11/h7-10H,2-6H2,1H3. The van der Waals surface area contributed by atoms with E-state index >= 15 is 0 Å². The molecule has 1 heterocycles. The number of unbranched alkanes of at least 4 members (excludes halogenated alkanes) is 3. The van der Waals surface area contributed by atoms with E-state index in [1.165, 1.54) is 41.1 Å². The Morgan fingerprint density at radius 1 is 1.20 bits per heavy atom. The zero-order chi connectivity index (χ0) is 14.5. The van der Waals surface area contributed by atoms with Gasteiger partial charge in [0.1, 0.15) is 5.82 Å². The maximum Gasteiger partial charge on any atom is 0.141 e. The second-order valence-corrected chi connectivity index (χ2v) is 7.63. The molecule has 1 aromatic heterocycles. The average Bonchev–Trinajstić information content (AvgIpc) is 2.79. The molecule has 108 valence electrons. The van der Waals surface area contributed by atoms with Crippen LogP contribution in [0.2, 0.25) is 5.02 Å². The van der Waals surface area contributed by atoms with Crippen LogP contribution >= 0.6 is 38.9 Å². The molecule has 0 fully saturated rings. The van der Waals surface area contributed by atoms with Crippen molar-refractivity contribution in [3.05, 3.63) is 44.5 Å². The summed E-state index contributed by atoms with van der Waals surface area (Å²) >= 11 is 11.2. The monoisotopic (exact) mass is 374 g/mol. The number of hydrogen-bond acceptors (Lipinski definition) is 1. The predicted molar refractivity (Wildman–Crippen MR) is 90.3 cm³/mol. The van der Waals surface area contributed by atoms with Crippen molar-refractivity contribution < 1.29 is 4.39 Å². The van der Waals surface area contributed by atoms with Crippen molar-refractivity contribution in [3.8, 4) is 10.4 Å². The number of aryl methyl sites for hydroxylation is 1. The van der Waals surface area contributed by atoms with Gasteiger partial charge in [-0.25, -0.2) is 4.39 Å². The van der Waals surface area contributed by atoms with E-state index in [9.17, 15) is 4.39 Å². The van der Waals surface area contributed by atoms with Crippen molar-refractivity contribution in [2.45, 2.75) is 39.0 Å². The molecule has 0 radical (unpaired) electrons. The molecule has 2 rings (SSSR count). The van der Waals surface area contributed by atoms with Gasteiger partial charge in [-0.05, 0) is 58.1 Å². The van der Waals surface area contributed by atoms with Crippen LogP contribution in [0.25, 0.3) is 10.4 Å². The molecular formula is C16H17BrClFS. The predicted octanol–water partition coefficient (Wildman–Crippen LogP) is 7.09. The second-order valence-electron chi connectivity index (χ2n) is 4.85. The fourth-order valence-corrected chi connectivity index (χ4v) is 4.06. The molecule has 0 aliphatic carbocycles. The average molecular weight is 376 g/mol. The molecule has 0 bridgehead atoms. The van der Waals surface area contributed by atoms with Gasteiger partial charge in [0.25, 0.3) is 0 Å². The van der Waals surface area contributed by atoms with Gasteiger partial charge in [-0.2, -0.15) is 0 Å². The quantitative estimate of drug-likeness (QED) is 0.473. The van der Waals surface area contributed by atoms with Crippen LogP contribution in [0.4, 0.5) is 4.39 Å². The van der Waals surface area contributed by atoms with Crippen LogP contribution < -0.4 is 0 Å². The van der Waals surface area contributed by atoms with Crippen molar-refractivity contribution >= 4 is 38.9 Å². The van der Waals surface area contributed by atoms with Gasteiger partial charge in [-0.1, -0.05) is 43.9 Å². The van der Waals surface area contributed by atoms with Gasteiger partial charge in [0.2, 0.25) is 0 Å². The van der Waals surface area contributed by atoms with Crippen LogP contribution in [-0.4, -0.2) is 0 Å². The highest BCUT2D eigenvalue weighted by molar-refractivity contribution is 9.11. The van der Waals surface area contributed by atoms with Gasteiger partial charge in [-0.15, -0.1) is 11.3 Å². The number of hydrogen-bond donors (Lipinski definition) is 0. The summed E-state index contributed by atoms with van der Waals surface area (Å²) in [6, 6.07) is 7.08. The third-order valence-electron chi connectivity index (χ3n) is 3.26. The van der Waals surface area contributed by atoms with Crippen molar-refractivity contribution in [2.75, 3.05) is 0 Å². The maximum atomic E-state index is 13.2. The largest absolute Gasteiger partial charge is 0.205 e. The summed E-state index contributed by atoms with van der Waals surface area (Å²) in [4.78, 5) is 1.13. The molecule has 2 aromatic rings. The molecule has 0 saturated heterocycles. The smallest absolute Gasteiger partial charge is 0.141 e. The van der Waals surface area contributed by atoms with Crippen LogP contribution in [0.1, 0.15) is 38.2 Å². The van der Waals surface area contributed by atoms with E-state index in [0.717, 1.165) is 16.9 Å². The lowest BCUT2D eigenvalue weighted by Gasteiger charge is -1.99. The summed E-state index contributed by atoms with van der Waals surface area (Å²) < 4.78 is 14.4. The molecule has 0 amide bonds. The van der Waals surface area contributed by atoms with Crippen molar-refractivity contribution in [2.24, 2.45) is 0 Å². The third-order valence-corrected chi connectivity index (χ3v) is 5.56. The molecule has 0 saturated carbocycles. The summed E-state index contributed by atoms with van der Waals surface area (Å²) in [5, 5.41) is 0.177. The van der Waals surface area contributed by atoms with Crippen molar-refractivity contribution in [1.82, 2.24) is 0 Å². The summed E-state index contributed by atoms with van der Waals surface area (Å²) in [5.74, 6) is -0.370. The Balaban J connectivity index is 2.11. The number of rotatable bonds is 6. The van der Waals surface area contributed by atoms with Gasteiger partial charge in [-0.3, -0.25) is 0 Å². The highest BCUT2D eigenvalue weighted by atomic mass is 79.9. The molecular weight excluding hydrogens is 359 g/mol. The number of thiophene rings is 1. The topological polar surface area (TPSA) is 0 Å². The summed E-state index contributed by atoms with van der Waals surface area (Å²) in [6.45, 7) is 2.22. The SMILES string of the molecule is CCCCCCc1cc(-c2ccc(F)c(Cl)c2)sc1Br. The van der Waals surface area contributed by atoms with E-state index in [1.54, 1.807) is 23.5 Å². The minimum Gasteiger partial charge on any atom is -0.205 e. The molecule has 0 atom stereocenters. The minimum atomic E-state index is -0.370. The first-order valence-corrected chi connectivity index (χ1v) is 8.84. The third kappa shape index (κ3) is 4.06. The fraction of sp³-hybridized carbons (Fsp3) is 0.375. The van der Waals surface area contributed by atoms with Gasteiger partial charge < -0.3 is 0 Å². The van der Waals surface area contributed by atoms with E-state index in [1.807, 2.05) is 0 Å². The van der Waals surface area contributed by atoms with Gasteiger partial charge in [0.05, 0.1) is 8.81 Å². The lowest BCUT2D eigenvalue weighted by molar-refractivity contribution is 0.628. The number of halogens is 3. The first-order valence-electron chi connectivity index (χ1n) is 6.85. The van der Waals surface area contributed by atoms with Crippen molar-refractivity contribution in [3.63, 3.8) is 0 Å². The van der Waals surface area contributed by atoms with Gasteiger partial charge >= 0.3 is 0 Å². The Bertz CT molecular complexity index is 580. The summed E-state index contributed by atoms with van der Waals surface area (Å²) in [7, 11) is 0. The maximum absolute atomic E-state index is 13.2. The lowest BCUT2D eigenvalue weighted by atomic mass is 10.1. The van der Waals surface area contributed by atoms with Gasteiger partial charge in [0, 0.05) is 4.88 Å². The molecule has 0 unspecified atom stereocenters. The lowest BCUT2D eigenvalue weighted by Crippen LogP contribution is -1.83. The van der Waals surface area contributed by atoms with Crippen LogP contribution in [0, 0.1) is 5.82 Å². The first kappa shape index (κ1) is 16.0. The zero-order valence-electron chi connectivity index (χ0n) is 11.4. The Kier molecular flexibility index (Phi) is 6.06. The molecule has 0 aliphatic rings. The Morgan fingerprint density at radius 2 is 2.00 bits per heavy atom. The molecule has 20 heavy (non-hydrogen) atoms. The molecule has 4 heteroatoms. The van der Waals surface area contributed by atoms with Crippen LogP contribution in [0.3, 0.4) is 0 Å². The molecule has 1 aromatic carbocycles. The van der Waals surface area contributed by atoms with Crippen molar-refractivity contribution in [1.29, 1.82) is 0 Å².